The zero-order valence-corrected chi connectivity index (χ0v) is 16.8. The Labute approximate surface area is 168 Å². The molecule has 0 saturated carbocycles. The summed E-state index contributed by atoms with van der Waals surface area (Å²) in [7, 11) is -3.43. The van der Waals surface area contributed by atoms with Crippen LogP contribution in [0.4, 0.5) is 4.79 Å². The van der Waals surface area contributed by atoms with Gasteiger partial charge in [0.15, 0.2) is 9.84 Å². The Morgan fingerprint density at radius 2 is 1.79 bits per heavy atom. The Balaban J connectivity index is 1.83. The van der Waals surface area contributed by atoms with Gasteiger partial charge in [0, 0.05) is 18.0 Å². The average molecular weight is 419 g/mol. The van der Waals surface area contributed by atoms with Crippen molar-refractivity contribution in [3.63, 3.8) is 0 Å². The number of urea groups is 1. The number of benzene rings is 1. The van der Waals surface area contributed by atoms with Crippen molar-refractivity contribution in [3.05, 3.63) is 47.4 Å². The summed E-state index contributed by atoms with van der Waals surface area (Å²) in [4.78, 5) is 52.4. The summed E-state index contributed by atoms with van der Waals surface area (Å²) in [6.45, 7) is 2.64. The fourth-order valence-electron chi connectivity index (χ4n) is 3.27. The molecule has 154 valence electrons. The van der Waals surface area contributed by atoms with E-state index in [9.17, 15) is 27.6 Å². The van der Waals surface area contributed by atoms with Gasteiger partial charge in [-0.15, -0.1) is 0 Å². The molecule has 0 bridgehead atoms. The number of sulfone groups is 1. The van der Waals surface area contributed by atoms with Gasteiger partial charge < -0.3 is 4.90 Å². The van der Waals surface area contributed by atoms with Crippen molar-refractivity contribution in [1.82, 2.24) is 14.7 Å². The largest absolute Gasteiger partial charge is 0.334 e. The first-order valence-electron chi connectivity index (χ1n) is 9.04. The number of amides is 5. The summed E-state index contributed by atoms with van der Waals surface area (Å²) in [5.74, 6) is -2.94. The molecule has 0 spiro atoms. The van der Waals surface area contributed by atoms with Gasteiger partial charge in [-0.25, -0.2) is 18.1 Å². The van der Waals surface area contributed by atoms with Crippen molar-refractivity contribution in [2.75, 3.05) is 12.3 Å². The SMILES string of the molecule is CC(C)N1C(=O)C(=O)N(CC(=O)N(Cc2ccccc2)[C@H]2C=CS(=O)(=O)C2)C1=O. The van der Waals surface area contributed by atoms with Gasteiger partial charge in [0.2, 0.25) is 5.91 Å². The molecule has 2 heterocycles. The number of hydrogen-bond acceptors (Lipinski definition) is 6. The van der Waals surface area contributed by atoms with Crippen LogP contribution in [0.3, 0.4) is 0 Å². The molecule has 3 rings (SSSR count). The van der Waals surface area contributed by atoms with Crippen molar-refractivity contribution in [3.8, 4) is 0 Å². The summed E-state index contributed by atoms with van der Waals surface area (Å²) in [5.41, 5.74) is 0.762. The highest BCUT2D eigenvalue weighted by Crippen LogP contribution is 2.20. The first-order valence-corrected chi connectivity index (χ1v) is 10.8. The Morgan fingerprint density at radius 1 is 1.14 bits per heavy atom. The van der Waals surface area contributed by atoms with Gasteiger partial charge in [0.1, 0.15) is 6.54 Å². The molecule has 1 saturated heterocycles. The standard InChI is InChI=1S/C19H21N3O6S/c1-13(2)22-18(25)17(24)21(19(22)26)11-16(23)20(10-14-6-4-3-5-7-14)15-8-9-29(27,28)12-15/h3-9,13,15H,10-12H2,1-2H3/t15-/m0/s1. The first-order chi connectivity index (χ1) is 13.6. The maximum absolute atomic E-state index is 13.0. The molecule has 9 nitrogen and oxygen atoms in total. The Hall–Kier alpha value is -3.01. The van der Waals surface area contributed by atoms with E-state index in [1.807, 2.05) is 6.07 Å². The van der Waals surface area contributed by atoms with Crippen molar-refractivity contribution < 1.29 is 27.6 Å². The molecule has 29 heavy (non-hydrogen) atoms. The molecule has 5 amide bonds. The van der Waals surface area contributed by atoms with E-state index in [0.29, 0.717) is 4.90 Å². The fourth-order valence-corrected chi connectivity index (χ4v) is 4.57. The maximum Gasteiger partial charge on any atom is 0.334 e. The van der Waals surface area contributed by atoms with Gasteiger partial charge in [-0.1, -0.05) is 30.3 Å². The van der Waals surface area contributed by atoms with Crippen LogP contribution >= 0.6 is 0 Å². The predicted molar refractivity (Wildman–Crippen MR) is 103 cm³/mol. The lowest BCUT2D eigenvalue weighted by atomic mass is 10.1. The second-order valence-corrected chi connectivity index (χ2v) is 9.11. The second-order valence-electron chi connectivity index (χ2n) is 7.18. The van der Waals surface area contributed by atoms with Crippen molar-refractivity contribution in [2.24, 2.45) is 0 Å². The number of nitrogens with zero attached hydrogens (tertiary/aromatic N) is 3. The van der Waals surface area contributed by atoms with E-state index in [-0.39, 0.29) is 12.3 Å². The first kappa shape index (κ1) is 20.7. The zero-order valence-electron chi connectivity index (χ0n) is 16.0. The minimum absolute atomic E-state index is 0.0995. The molecule has 10 heteroatoms. The van der Waals surface area contributed by atoms with Gasteiger partial charge in [0.05, 0.1) is 11.8 Å². The van der Waals surface area contributed by atoms with Crippen LogP contribution in [-0.4, -0.2) is 71.3 Å². The Kier molecular flexibility index (Phi) is 5.56. The van der Waals surface area contributed by atoms with Crippen molar-refractivity contribution in [1.29, 1.82) is 0 Å². The van der Waals surface area contributed by atoms with Crippen molar-refractivity contribution >= 4 is 33.6 Å². The van der Waals surface area contributed by atoms with E-state index >= 15 is 0 Å². The Morgan fingerprint density at radius 3 is 2.31 bits per heavy atom. The summed E-state index contributed by atoms with van der Waals surface area (Å²) in [6.07, 6.45) is 1.41. The molecule has 1 aromatic rings. The van der Waals surface area contributed by atoms with Crippen LogP contribution < -0.4 is 0 Å². The zero-order chi connectivity index (χ0) is 21.3. The summed E-state index contributed by atoms with van der Waals surface area (Å²) in [5, 5.41) is 1.05. The summed E-state index contributed by atoms with van der Waals surface area (Å²) < 4.78 is 23.7. The van der Waals surface area contributed by atoms with E-state index in [4.69, 9.17) is 0 Å². The number of carbonyl (C=O) groups is 4. The van der Waals surface area contributed by atoms with Crippen LogP contribution in [0.5, 0.6) is 0 Å². The molecule has 0 radical (unpaired) electrons. The van der Waals surface area contributed by atoms with Gasteiger partial charge in [-0.05, 0) is 25.5 Å². The van der Waals surface area contributed by atoms with Gasteiger partial charge in [0.25, 0.3) is 0 Å². The molecule has 0 aliphatic carbocycles. The number of imide groups is 2. The highest BCUT2D eigenvalue weighted by atomic mass is 32.2. The van der Waals surface area contributed by atoms with Gasteiger partial charge >= 0.3 is 17.8 Å². The molecule has 1 fully saturated rings. The fraction of sp³-hybridized carbons (Fsp3) is 0.368. The molecule has 1 atom stereocenters. The number of carbonyl (C=O) groups excluding carboxylic acids is 4. The predicted octanol–water partition coefficient (Wildman–Crippen LogP) is 0.525. The van der Waals surface area contributed by atoms with Gasteiger partial charge in [-0.3, -0.25) is 19.3 Å². The molecule has 0 unspecified atom stereocenters. The molecule has 0 aromatic heterocycles. The lowest BCUT2D eigenvalue weighted by molar-refractivity contribution is -0.145. The average Bonchev–Trinajstić information content (AvgIpc) is 3.12. The van der Waals surface area contributed by atoms with Crippen LogP contribution in [0.25, 0.3) is 0 Å². The quantitative estimate of drug-likeness (QED) is 0.491. The van der Waals surface area contributed by atoms with Crippen LogP contribution in [0.15, 0.2) is 41.8 Å². The van der Waals surface area contributed by atoms with E-state index in [0.717, 1.165) is 15.9 Å². The molecule has 2 aliphatic heterocycles. The smallest absolute Gasteiger partial charge is 0.329 e. The number of hydrogen-bond donors (Lipinski definition) is 0. The minimum Gasteiger partial charge on any atom is -0.329 e. The maximum atomic E-state index is 13.0. The van der Waals surface area contributed by atoms with E-state index in [1.54, 1.807) is 38.1 Å². The molecule has 0 N–H and O–H groups in total. The van der Waals surface area contributed by atoms with Crippen LogP contribution in [-0.2, 0) is 30.8 Å². The van der Waals surface area contributed by atoms with E-state index < -0.39 is 52.2 Å². The second kappa shape index (κ2) is 7.78. The molecule has 1 aromatic carbocycles. The highest BCUT2D eigenvalue weighted by Gasteiger charge is 2.47. The van der Waals surface area contributed by atoms with Gasteiger partial charge in [-0.2, -0.15) is 0 Å². The molecular weight excluding hydrogens is 398 g/mol. The molecular formula is C19H21N3O6S. The third-order valence-corrected chi connectivity index (χ3v) is 6.10. The normalized spacial score (nSPS) is 20.8. The van der Waals surface area contributed by atoms with Crippen LogP contribution in [0.2, 0.25) is 0 Å². The summed E-state index contributed by atoms with van der Waals surface area (Å²) >= 11 is 0. The highest BCUT2D eigenvalue weighted by molar-refractivity contribution is 7.94. The third-order valence-electron chi connectivity index (χ3n) is 4.72. The van der Waals surface area contributed by atoms with E-state index in [1.165, 1.54) is 11.0 Å². The van der Waals surface area contributed by atoms with Crippen molar-refractivity contribution in [2.45, 2.75) is 32.5 Å². The topological polar surface area (TPSA) is 112 Å². The summed E-state index contributed by atoms with van der Waals surface area (Å²) in [6, 6.07) is 6.84. The number of rotatable bonds is 6. The van der Waals surface area contributed by atoms with Crippen LogP contribution in [0.1, 0.15) is 19.4 Å². The molecule has 2 aliphatic rings. The monoisotopic (exact) mass is 419 g/mol. The third kappa shape index (κ3) is 4.21. The minimum atomic E-state index is -3.43. The lowest BCUT2D eigenvalue weighted by Gasteiger charge is -2.29. The van der Waals surface area contributed by atoms with E-state index in [2.05, 4.69) is 0 Å². The lowest BCUT2D eigenvalue weighted by Crippen LogP contribution is -2.47. The Bertz CT molecular complexity index is 986. The van der Waals surface area contributed by atoms with Crippen LogP contribution in [0, 0.1) is 0 Å².